The molecule has 4 heteroatoms. The van der Waals surface area contributed by atoms with Crippen LogP contribution in [0.25, 0.3) is 0 Å². The quantitative estimate of drug-likeness (QED) is 0.878. The zero-order valence-corrected chi connectivity index (χ0v) is 11.2. The van der Waals surface area contributed by atoms with Crippen LogP contribution in [0.3, 0.4) is 0 Å². The molecule has 0 saturated carbocycles. The average molecular weight is 263 g/mol. The van der Waals surface area contributed by atoms with Gasteiger partial charge in [0.15, 0.2) is 0 Å². The van der Waals surface area contributed by atoms with E-state index in [2.05, 4.69) is 10.2 Å². The van der Waals surface area contributed by atoms with E-state index in [4.69, 9.17) is 5.73 Å². The molecule has 104 valence electrons. The number of anilines is 1. The Bertz CT molecular complexity index is 434. The molecule has 0 bridgehead atoms. The first-order valence-electron chi connectivity index (χ1n) is 7.19. The predicted molar refractivity (Wildman–Crippen MR) is 75.6 cm³/mol. The lowest BCUT2D eigenvalue weighted by molar-refractivity contribution is 0.145. The Hall–Kier alpha value is -1.13. The molecule has 0 aromatic heterocycles. The van der Waals surface area contributed by atoms with Crippen molar-refractivity contribution in [1.82, 2.24) is 4.90 Å². The molecular weight excluding hydrogens is 241 g/mol. The Balaban J connectivity index is 1.74. The van der Waals surface area contributed by atoms with Crippen LogP contribution in [-0.2, 0) is 0 Å². The van der Waals surface area contributed by atoms with Gasteiger partial charge in [-0.25, -0.2) is 4.39 Å². The fourth-order valence-electron chi connectivity index (χ4n) is 3.52. The van der Waals surface area contributed by atoms with E-state index in [0.29, 0.717) is 12.6 Å². The number of nitrogens with zero attached hydrogens (tertiary/aromatic N) is 1. The molecule has 1 aromatic carbocycles. The fraction of sp³-hybridized carbons (Fsp3) is 0.600. The van der Waals surface area contributed by atoms with Crippen LogP contribution in [0.2, 0.25) is 0 Å². The van der Waals surface area contributed by atoms with E-state index < -0.39 is 0 Å². The van der Waals surface area contributed by atoms with Crippen molar-refractivity contribution in [3.05, 3.63) is 30.1 Å². The second kappa shape index (κ2) is 5.10. The van der Waals surface area contributed by atoms with E-state index >= 15 is 0 Å². The van der Waals surface area contributed by atoms with E-state index in [9.17, 15) is 4.39 Å². The van der Waals surface area contributed by atoms with Gasteiger partial charge in [0.1, 0.15) is 5.82 Å². The lowest BCUT2D eigenvalue weighted by Crippen LogP contribution is -2.55. The molecule has 1 aromatic rings. The van der Waals surface area contributed by atoms with Crippen LogP contribution in [0.5, 0.6) is 0 Å². The summed E-state index contributed by atoms with van der Waals surface area (Å²) in [5.41, 5.74) is 6.99. The van der Waals surface area contributed by atoms with Gasteiger partial charge in [0.25, 0.3) is 0 Å². The van der Waals surface area contributed by atoms with Gasteiger partial charge in [0.05, 0.1) is 5.54 Å². The molecule has 2 fully saturated rings. The SMILES string of the molecule is NCC1(Nc2ccc(F)cc2)CCN2CCCC2C1. The normalized spacial score (nSPS) is 31.2. The number of hydrogen-bond donors (Lipinski definition) is 2. The molecule has 2 unspecified atom stereocenters. The van der Waals surface area contributed by atoms with E-state index in [1.165, 1.54) is 31.5 Å². The molecule has 3 nitrogen and oxygen atoms in total. The first-order valence-corrected chi connectivity index (χ1v) is 7.19. The standard InChI is InChI=1S/C15H22FN3/c16-12-3-5-13(6-4-12)18-15(11-17)7-9-19-8-1-2-14(19)10-15/h3-6,14,18H,1-2,7-11,17H2. The highest BCUT2D eigenvalue weighted by Crippen LogP contribution is 2.34. The van der Waals surface area contributed by atoms with Crippen LogP contribution < -0.4 is 11.1 Å². The van der Waals surface area contributed by atoms with Gasteiger partial charge in [-0.1, -0.05) is 0 Å². The van der Waals surface area contributed by atoms with E-state index in [1.807, 2.05) is 0 Å². The lowest BCUT2D eigenvalue weighted by atomic mass is 9.83. The Morgan fingerprint density at radius 3 is 2.84 bits per heavy atom. The second-order valence-corrected chi connectivity index (χ2v) is 5.90. The largest absolute Gasteiger partial charge is 0.378 e. The van der Waals surface area contributed by atoms with Crippen molar-refractivity contribution in [1.29, 1.82) is 0 Å². The van der Waals surface area contributed by atoms with Crippen LogP contribution in [0, 0.1) is 5.82 Å². The van der Waals surface area contributed by atoms with Gasteiger partial charge in [-0.3, -0.25) is 0 Å². The number of halogens is 1. The molecule has 2 aliphatic heterocycles. The number of piperidine rings is 1. The third-order valence-electron chi connectivity index (χ3n) is 4.65. The molecule has 0 amide bonds. The summed E-state index contributed by atoms with van der Waals surface area (Å²) in [6.45, 7) is 2.99. The van der Waals surface area contributed by atoms with Crippen molar-refractivity contribution in [3.63, 3.8) is 0 Å². The zero-order chi connectivity index (χ0) is 13.3. The molecule has 2 atom stereocenters. The number of benzene rings is 1. The summed E-state index contributed by atoms with van der Waals surface area (Å²) < 4.78 is 13.0. The average Bonchev–Trinajstić information content (AvgIpc) is 2.88. The van der Waals surface area contributed by atoms with Crippen molar-refractivity contribution in [2.45, 2.75) is 37.3 Å². The van der Waals surface area contributed by atoms with Crippen molar-refractivity contribution in [2.75, 3.05) is 25.0 Å². The third kappa shape index (κ3) is 2.60. The van der Waals surface area contributed by atoms with Crippen LogP contribution in [0.1, 0.15) is 25.7 Å². The van der Waals surface area contributed by atoms with Crippen LogP contribution in [0.4, 0.5) is 10.1 Å². The van der Waals surface area contributed by atoms with Crippen LogP contribution >= 0.6 is 0 Å². The third-order valence-corrected chi connectivity index (χ3v) is 4.65. The minimum atomic E-state index is -0.196. The van der Waals surface area contributed by atoms with E-state index in [-0.39, 0.29) is 11.4 Å². The van der Waals surface area contributed by atoms with E-state index in [1.54, 1.807) is 12.1 Å². The topological polar surface area (TPSA) is 41.3 Å². The number of nitrogens with two attached hydrogens (primary N) is 1. The second-order valence-electron chi connectivity index (χ2n) is 5.90. The Kier molecular flexibility index (Phi) is 3.46. The summed E-state index contributed by atoms with van der Waals surface area (Å²) in [4.78, 5) is 2.58. The van der Waals surface area contributed by atoms with Crippen molar-refractivity contribution in [2.24, 2.45) is 5.73 Å². The highest BCUT2D eigenvalue weighted by molar-refractivity contribution is 5.46. The summed E-state index contributed by atoms with van der Waals surface area (Å²) in [5.74, 6) is -0.196. The molecule has 2 saturated heterocycles. The maximum atomic E-state index is 13.0. The summed E-state index contributed by atoms with van der Waals surface area (Å²) >= 11 is 0. The number of rotatable bonds is 3. The minimum Gasteiger partial charge on any atom is -0.378 e. The molecule has 0 aliphatic carbocycles. The molecule has 3 rings (SSSR count). The number of nitrogens with one attached hydrogen (secondary N) is 1. The first kappa shape index (κ1) is 12.9. The highest BCUT2D eigenvalue weighted by Gasteiger charge is 2.40. The molecule has 3 N–H and O–H groups in total. The molecule has 2 aliphatic rings. The molecule has 0 radical (unpaired) electrons. The van der Waals surface area contributed by atoms with Gasteiger partial charge in [-0.15, -0.1) is 0 Å². The number of fused-ring (bicyclic) bond motifs is 1. The lowest BCUT2D eigenvalue weighted by Gasteiger charge is -2.44. The summed E-state index contributed by atoms with van der Waals surface area (Å²) in [6.07, 6.45) is 4.76. The molecule has 0 spiro atoms. The Morgan fingerprint density at radius 1 is 1.32 bits per heavy atom. The van der Waals surface area contributed by atoms with Gasteiger partial charge in [0, 0.05) is 24.8 Å². The van der Waals surface area contributed by atoms with Crippen molar-refractivity contribution >= 4 is 5.69 Å². The summed E-state index contributed by atoms with van der Waals surface area (Å²) in [5, 5.41) is 3.57. The van der Waals surface area contributed by atoms with E-state index in [0.717, 1.165) is 25.1 Å². The Labute approximate surface area is 114 Å². The smallest absolute Gasteiger partial charge is 0.123 e. The van der Waals surface area contributed by atoms with Crippen molar-refractivity contribution in [3.8, 4) is 0 Å². The van der Waals surface area contributed by atoms with Crippen LogP contribution in [0.15, 0.2) is 24.3 Å². The predicted octanol–water partition coefficient (Wildman–Crippen LogP) is 2.19. The van der Waals surface area contributed by atoms with Gasteiger partial charge in [0.2, 0.25) is 0 Å². The van der Waals surface area contributed by atoms with Gasteiger partial charge < -0.3 is 16.0 Å². The summed E-state index contributed by atoms with van der Waals surface area (Å²) in [7, 11) is 0. The fourth-order valence-corrected chi connectivity index (χ4v) is 3.52. The minimum absolute atomic E-state index is 0.0245. The monoisotopic (exact) mass is 263 g/mol. The zero-order valence-electron chi connectivity index (χ0n) is 11.2. The van der Waals surface area contributed by atoms with Gasteiger partial charge in [-0.05, 0) is 56.5 Å². The van der Waals surface area contributed by atoms with Crippen molar-refractivity contribution < 1.29 is 4.39 Å². The Morgan fingerprint density at radius 2 is 2.11 bits per heavy atom. The maximum absolute atomic E-state index is 13.0. The van der Waals surface area contributed by atoms with Crippen LogP contribution in [-0.4, -0.2) is 36.1 Å². The maximum Gasteiger partial charge on any atom is 0.123 e. The highest BCUT2D eigenvalue weighted by atomic mass is 19.1. The summed E-state index contributed by atoms with van der Waals surface area (Å²) in [6, 6.07) is 7.26. The number of hydrogen-bond acceptors (Lipinski definition) is 3. The molecule has 19 heavy (non-hydrogen) atoms. The van der Waals surface area contributed by atoms with Gasteiger partial charge in [-0.2, -0.15) is 0 Å². The first-order chi connectivity index (χ1) is 9.21. The van der Waals surface area contributed by atoms with Gasteiger partial charge >= 0.3 is 0 Å². The molecule has 2 heterocycles. The molecular formula is C15H22FN3.